The fourth-order valence-electron chi connectivity index (χ4n) is 6.67. The highest BCUT2D eigenvalue weighted by Crippen LogP contribution is 2.46. The van der Waals surface area contributed by atoms with E-state index in [1.165, 1.54) is 22.9 Å². The molecule has 1 aromatic heterocycles. The maximum Gasteiger partial charge on any atom is 0.421 e. The first-order valence-corrected chi connectivity index (χ1v) is 21.6. The number of nitrogens with one attached hydrogen (secondary N) is 1. The number of aryl methyl sites for hydroxylation is 1. The minimum atomic E-state index is -4.16. The Morgan fingerprint density at radius 1 is 0.981 bits per heavy atom. The zero-order valence-electron chi connectivity index (χ0n) is 30.5. The van der Waals surface area contributed by atoms with Gasteiger partial charge in [0.2, 0.25) is 0 Å². The Balaban J connectivity index is 1.03. The van der Waals surface area contributed by atoms with Crippen LogP contribution < -0.4 is 9.46 Å². The van der Waals surface area contributed by atoms with E-state index in [-0.39, 0.29) is 29.8 Å². The van der Waals surface area contributed by atoms with Crippen molar-refractivity contribution in [3.8, 4) is 28.1 Å². The number of carbonyl (C=O) groups excluding carboxylic acids is 2. The largest absolute Gasteiger partial charge is 0.497 e. The molecule has 0 unspecified atom stereocenters. The first-order chi connectivity index (χ1) is 25.5. The van der Waals surface area contributed by atoms with Crippen molar-refractivity contribution in [3.05, 3.63) is 90.2 Å². The van der Waals surface area contributed by atoms with Crippen LogP contribution in [0.3, 0.4) is 0 Å². The van der Waals surface area contributed by atoms with Crippen LogP contribution in [-0.2, 0) is 29.9 Å². The molecule has 1 fully saturated rings. The van der Waals surface area contributed by atoms with Gasteiger partial charge >= 0.3 is 12.1 Å². The summed E-state index contributed by atoms with van der Waals surface area (Å²) in [5, 5.41) is 4.18. The van der Waals surface area contributed by atoms with Crippen LogP contribution in [0.25, 0.3) is 22.4 Å². The van der Waals surface area contributed by atoms with Gasteiger partial charge in [0, 0.05) is 36.0 Å². The SMILES string of the molecule is COc1cccc([C@@]2(OC(=O)CCCSSCCOC(=O)NS(=O)(=O)c3ccc(-c4noc(C)c4-c4ccccc4)cc3)CCCC[C@@H]2CN(C)C)c1. The monoisotopic (exact) mass is 781 g/mol. The lowest BCUT2D eigenvalue weighted by molar-refractivity contribution is -0.174. The van der Waals surface area contributed by atoms with Crippen molar-refractivity contribution < 1.29 is 36.7 Å². The summed E-state index contributed by atoms with van der Waals surface area (Å²) in [7, 11) is 4.61. The summed E-state index contributed by atoms with van der Waals surface area (Å²) in [6, 6.07) is 23.6. The van der Waals surface area contributed by atoms with Gasteiger partial charge in [-0.1, -0.05) is 87.8 Å². The van der Waals surface area contributed by atoms with E-state index in [1.54, 1.807) is 30.0 Å². The second-order valence-corrected chi connectivity index (χ2v) is 17.5. The lowest BCUT2D eigenvalue weighted by atomic mass is 9.71. The highest BCUT2D eigenvalue weighted by molar-refractivity contribution is 8.76. The number of rotatable bonds is 17. The predicted octanol–water partition coefficient (Wildman–Crippen LogP) is 8.09. The van der Waals surface area contributed by atoms with E-state index < -0.39 is 21.7 Å². The number of carbonyl (C=O) groups is 2. The van der Waals surface area contributed by atoms with Gasteiger partial charge in [0.05, 0.1) is 17.6 Å². The standard InChI is InChI=1S/C39H47N3O8S3/c1-28-36(29-12-6-5-7-13-29)37(40-50-28)30-18-20-34(21-19-30)53(45,46)41-38(44)48-23-25-52-51-24-11-17-35(43)49-39(31-15-10-16-33(26-31)47-4)22-9-8-14-32(39)27-42(2)3/h5-7,10,12-13,15-16,18-21,26,32H,8-9,11,14,17,22-25,27H2,1-4H3,(H,41,44)/t32-,39+/m1/s1. The van der Waals surface area contributed by atoms with Gasteiger partial charge in [0.25, 0.3) is 10.0 Å². The van der Waals surface area contributed by atoms with Gasteiger partial charge in [-0.05, 0) is 82.1 Å². The lowest BCUT2D eigenvalue weighted by Gasteiger charge is -2.45. The first kappa shape index (κ1) is 40.2. The zero-order valence-corrected chi connectivity index (χ0v) is 33.0. The topological polar surface area (TPSA) is 137 Å². The number of hydrogen-bond acceptors (Lipinski definition) is 12. The lowest BCUT2D eigenvalue weighted by Crippen LogP contribution is -2.46. The van der Waals surface area contributed by atoms with Crippen molar-refractivity contribution in [2.45, 2.75) is 55.9 Å². The van der Waals surface area contributed by atoms with Crippen molar-refractivity contribution in [2.24, 2.45) is 5.92 Å². The molecule has 2 atom stereocenters. The fraction of sp³-hybridized carbons (Fsp3) is 0.410. The molecule has 1 amide bonds. The second kappa shape index (κ2) is 18.9. The van der Waals surface area contributed by atoms with Gasteiger partial charge in [-0.3, -0.25) is 4.79 Å². The van der Waals surface area contributed by atoms with Gasteiger partial charge in [-0.15, -0.1) is 0 Å². The van der Waals surface area contributed by atoms with Gasteiger partial charge in [0.15, 0.2) is 0 Å². The van der Waals surface area contributed by atoms with E-state index in [0.29, 0.717) is 34.9 Å². The molecule has 0 saturated heterocycles. The van der Waals surface area contributed by atoms with E-state index in [1.807, 2.05) is 80.3 Å². The number of sulfonamides is 1. The summed E-state index contributed by atoms with van der Waals surface area (Å²) in [5.41, 5.74) is 3.29. The van der Waals surface area contributed by atoms with Crippen molar-refractivity contribution in [3.63, 3.8) is 0 Å². The predicted molar refractivity (Wildman–Crippen MR) is 209 cm³/mol. The molecule has 1 aliphatic carbocycles. The molecule has 0 radical (unpaired) electrons. The maximum atomic E-state index is 13.2. The summed E-state index contributed by atoms with van der Waals surface area (Å²) in [4.78, 5) is 27.6. The third-order valence-electron chi connectivity index (χ3n) is 9.12. The average Bonchev–Trinajstić information content (AvgIpc) is 3.54. The Morgan fingerprint density at radius 3 is 2.47 bits per heavy atom. The molecule has 1 heterocycles. The second-order valence-electron chi connectivity index (χ2n) is 13.1. The number of esters is 1. The summed E-state index contributed by atoms with van der Waals surface area (Å²) in [6.07, 6.45) is 3.71. The molecule has 284 valence electrons. The van der Waals surface area contributed by atoms with E-state index in [2.05, 4.69) is 10.1 Å². The van der Waals surface area contributed by atoms with Crippen LogP contribution in [0.4, 0.5) is 4.79 Å². The Morgan fingerprint density at radius 2 is 1.74 bits per heavy atom. The molecule has 14 heteroatoms. The molecule has 0 aliphatic heterocycles. The molecule has 5 rings (SSSR count). The molecular weight excluding hydrogens is 735 g/mol. The van der Waals surface area contributed by atoms with Gasteiger partial charge in [-0.25, -0.2) is 17.9 Å². The summed E-state index contributed by atoms with van der Waals surface area (Å²) in [5.74, 6) is 2.49. The summed E-state index contributed by atoms with van der Waals surface area (Å²) < 4.78 is 50.2. The quantitative estimate of drug-likeness (QED) is 0.0630. The van der Waals surface area contributed by atoms with Crippen molar-refractivity contribution >= 4 is 43.7 Å². The van der Waals surface area contributed by atoms with E-state index >= 15 is 0 Å². The first-order valence-electron chi connectivity index (χ1n) is 17.6. The minimum Gasteiger partial charge on any atom is -0.497 e. The van der Waals surface area contributed by atoms with Gasteiger partial charge in [0.1, 0.15) is 29.4 Å². The van der Waals surface area contributed by atoms with Crippen LogP contribution in [-0.4, -0.2) is 76.4 Å². The third-order valence-corrected chi connectivity index (χ3v) is 12.9. The molecule has 0 bridgehead atoms. The molecule has 3 aromatic carbocycles. The normalized spacial score (nSPS) is 17.3. The fourth-order valence-corrected chi connectivity index (χ4v) is 9.48. The number of hydrogen-bond donors (Lipinski definition) is 1. The number of ether oxygens (including phenoxy) is 3. The van der Waals surface area contributed by atoms with Crippen LogP contribution in [0, 0.1) is 12.8 Å². The maximum absolute atomic E-state index is 13.2. The van der Waals surface area contributed by atoms with E-state index in [0.717, 1.165) is 54.7 Å². The summed E-state index contributed by atoms with van der Waals surface area (Å²) in [6.45, 7) is 2.66. The molecule has 11 nitrogen and oxygen atoms in total. The van der Waals surface area contributed by atoms with Crippen LogP contribution in [0.2, 0.25) is 0 Å². The number of amides is 1. The van der Waals surface area contributed by atoms with Crippen LogP contribution in [0.15, 0.2) is 88.3 Å². The summed E-state index contributed by atoms with van der Waals surface area (Å²) >= 11 is 0. The minimum absolute atomic E-state index is 0.0180. The van der Waals surface area contributed by atoms with Crippen molar-refractivity contribution in [2.75, 3.05) is 45.9 Å². The van der Waals surface area contributed by atoms with Crippen LogP contribution >= 0.6 is 21.6 Å². The third kappa shape index (κ3) is 10.6. The molecule has 53 heavy (non-hydrogen) atoms. The zero-order chi connectivity index (χ0) is 37.8. The molecule has 1 saturated carbocycles. The molecule has 4 aromatic rings. The van der Waals surface area contributed by atoms with Crippen LogP contribution in [0.5, 0.6) is 5.75 Å². The Labute approximate surface area is 320 Å². The van der Waals surface area contributed by atoms with Crippen molar-refractivity contribution in [1.82, 2.24) is 14.8 Å². The van der Waals surface area contributed by atoms with Gasteiger partial charge < -0.3 is 23.6 Å². The number of aromatic nitrogens is 1. The number of methoxy groups -OCH3 is 1. The number of benzene rings is 3. The Hall–Kier alpha value is -3.98. The highest BCUT2D eigenvalue weighted by Gasteiger charge is 2.46. The van der Waals surface area contributed by atoms with E-state index in [4.69, 9.17) is 18.7 Å². The van der Waals surface area contributed by atoms with Crippen LogP contribution in [0.1, 0.15) is 49.8 Å². The Bertz CT molecular complexity index is 1920. The van der Waals surface area contributed by atoms with E-state index in [9.17, 15) is 18.0 Å². The van der Waals surface area contributed by atoms with Gasteiger partial charge in [-0.2, -0.15) is 0 Å². The molecule has 1 N–H and O–H groups in total. The number of nitrogens with zero attached hydrogens (tertiary/aromatic N) is 2. The molecular formula is C39H47N3O8S3. The molecule has 0 spiro atoms. The molecule has 1 aliphatic rings. The van der Waals surface area contributed by atoms with Crippen molar-refractivity contribution in [1.29, 1.82) is 0 Å². The highest BCUT2D eigenvalue weighted by atomic mass is 33.1. The Kier molecular flexibility index (Phi) is 14.3. The average molecular weight is 782 g/mol. The smallest absolute Gasteiger partial charge is 0.421 e.